The van der Waals surface area contributed by atoms with Crippen molar-refractivity contribution < 1.29 is 9.53 Å². The van der Waals surface area contributed by atoms with Gasteiger partial charge in [-0.05, 0) is 37.4 Å². The van der Waals surface area contributed by atoms with E-state index in [0.717, 1.165) is 50.2 Å². The predicted octanol–water partition coefficient (Wildman–Crippen LogP) is 1.84. The molecule has 0 saturated carbocycles. The molecule has 0 aromatic heterocycles. The first kappa shape index (κ1) is 14.4. The standard InChI is InChI=1S/C17H24N2O2/c1-2-9-19(15-7-8-18-11-15)17(20)14-10-13-5-3-4-6-16(13)21-12-14/h3-6,14-15,18H,2,7-12H2,1H3. The van der Waals surface area contributed by atoms with Crippen LogP contribution >= 0.6 is 0 Å². The maximum Gasteiger partial charge on any atom is 0.229 e. The fraction of sp³-hybridized carbons (Fsp3) is 0.588. The SMILES string of the molecule is CCCN(C(=O)C1COc2ccccc2C1)C1CCNC1. The van der Waals surface area contributed by atoms with Crippen LogP contribution in [0.2, 0.25) is 0 Å². The number of hydrogen-bond acceptors (Lipinski definition) is 3. The van der Waals surface area contributed by atoms with Crippen molar-refractivity contribution in [1.82, 2.24) is 10.2 Å². The average molecular weight is 288 g/mol. The zero-order valence-corrected chi connectivity index (χ0v) is 12.7. The summed E-state index contributed by atoms with van der Waals surface area (Å²) in [4.78, 5) is 15.0. The van der Waals surface area contributed by atoms with Gasteiger partial charge in [-0.25, -0.2) is 0 Å². The summed E-state index contributed by atoms with van der Waals surface area (Å²) in [5.74, 6) is 1.17. The lowest BCUT2D eigenvalue weighted by Crippen LogP contribution is -2.47. The summed E-state index contributed by atoms with van der Waals surface area (Å²) in [6, 6.07) is 8.40. The predicted molar refractivity (Wildman–Crippen MR) is 82.4 cm³/mol. The van der Waals surface area contributed by atoms with Crippen LogP contribution in [0.3, 0.4) is 0 Å². The summed E-state index contributed by atoms with van der Waals surface area (Å²) < 4.78 is 5.79. The summed E-state index contributed by atoms with van der Waals surface area (Å²) in [6.45, 7) is 5.44. The minimum absolute atomic E-state index is 0.0351. The molecule has 1 fully saturated rings. The number of fused-ring (bicyclic) bond motifs is 1. The molecule has 2 aliphatic rings. The van der Waals surface area contributed by atoms with E-state index in [4.69, 9.17) is 4.74 Å². The molecule has 2 heterocycles. The zero-order chi connectivity index (χ0) is 14.7. The number of carbonyl (C=O) groups excluding carboxylic acids is 1. The summed E-state index contributed by atoms with van der Waals surface area (Å²) in [5.41, 5.74) is 1.16. The normalized spacial score (nSPS) is 24.2. The van der Waals surface area contributed by atoms with Crippen molar-refractivity contribution in [2.24, 2.45) is 5.92 Å². The smallest absolute Gasteiger partial charge is 0.229 e. The fourth-order valence-corrected chi connectivity index (χ4v) is 3.34. The Kier molecular flexibility index (Phi) is 4.44. The third kappa shape index (κ3) is 3.05. The lowest BCUT2D eigenvalue weighted by molar-refractivity contribution is -0.139. The Morgan fingerprint density at radius 3 is 3.05 bits per heavy atom. The Morgan fingerprint density at radius 1 is 1.43 bits per heavy atom. The second-order valence-electron chi connectivity index (χ2n) is 6.00. The highest BCUT2D eigenvalue weighted by atomic mass is 16.5. The minimum atomic E-state index is -0.0351. The van der Waals surface area contributed by atoms with Gasteiger partial charge in [0.1, 0.15) is 12.4 Å². The summed E-state index contributed by atoms with van der Waals surface area (Å²) in [5, 5.41) is 3.36. The van der Waals surface area contributed by atoms with Crippen molar-refractivity contribution >= 4 is 5.91 Å². The fourth-order valence-electron chi connectivity index (χ4n) is 3.34. The Morgan fingerprint density at radius 2 is 2.29 bits per heavy atom. The Hall–Kier alpha value is -1.55. The third-order valence-corrected chi connectivity index (χ3v) is 4.45. The van der Waals surface area contributed by atoms with Crippen LogP contribution in [0.5, 0.6) is 5.75 Å². The van der Waals surface area contributed by atoms with E-state index in [-0.39, 0.29) is 11.8 Å². The van der Waals surface area contributed by atoms with Crippen LogP contribution < -0.4 is 10.1 Å². The van der Waals surface area contributed by atoms with Gasteiger partial charge >= 0.3 is 0 Å². The second kappa shape index (κ2) is 6.48. The highest BCUT2D eigenvalue weighted by molar-refractivity contribution is 5.80. The van der Waals surface area contributed by atoms with E-state index in [1.165, 1.54) is 0 Å². The van der Waals surface area contributed by atoms with E-state index in [1.807, 2.05) is 18.2 Å². The first-order chi connectivity index (χ1) is 10.3. The van der Waals surface area contributed by atoms with Crippen molar-refractivity contribution in [3.05, 3.63) is 29.8 Å². The molecule has 2 unspecified atom stereocenters. The summed E-state index contributed by atoms with van der Waals surface area (Å²) in [7, 11) is 0. The maximum atomic E-state index is 12.9. The van der Waals surface area contributed by atoms with Crippen LogP contribution in [0.15, 0.2) is 24.3 Å². The Labute approximate surface area is 126 Å². The molecule has 1 amide bonds. The first-order valence-corrected chi connectivity index (χ1v) is 8.01. The minimum Gasteiger partial charge on any atom is -0.492 e. The third-order valence-electron chi connectivity index (χ3n) is 4.45. The molecule has 0 aliphatic carbocycles. The van der Waals surface area contributed by atoms with Gasteiger partial charge in [-0.15, -0.1) is 0 Å². The molecule has 0 radical (unpaired) electrons. The second-order valence-corrected chi connectivity index (χ2v) is 6.00. The number of para-hydroxylation sites is 1. The van der Waals surface area contributed by atoms with Crippen molar-refractivity contribution in [3.8, 4) is 5.75 Å². The van der Waals surface area contributed by atoms with E-state index in [2.05, 4.69) is 23.2 Å². The quantitative estimate of drug-likeness (QED) is 0.919. The van der Waals surface area contributed by atoms with Gasteiger partial charge < -0.3 is 15.0 Å². The van der Waals surface area contributed by atoms with E-state index in [0.29, 0.717) is 12.6 Å². The van der Waals surface area contributed by atoms with Gasteiger partial charge in [-0.1, -0.05) is 25.1 Å². The van der Waals surface area contributed by atoms with E-state index in [1.54, 1.807) is 0 Å². The van der Waals surface area contributed by atoms with E-state index >= 15 is 0 Å². The molecule has 1 saturated heterocycles. The van der Waals surface area contributed by atoms with Crippen LogP contribution in [0.25, 0.3) is 0 Å². The monoisotopic (exact) mass is 288 g/mol. The molecular weight excluding hydrogens is 264 g/mol. The number of benzene rings is 1. The lowest BCUT2D eigenvalue weighted by Gasteiger charge is -2.33. The molecule has 21 heavy (non-hydrogen) atoms. The molecule has 3 rings (SSSR count). The molecule has 4 heteroatoms. The number of nitrogens with one attached hydrogen (secondary N) is 1. The van der Waals surface area contributed by atoms with Gasteiger partial charge in [-0.3, -0.25) is 4.79 Å². The number of nitrogens with zero attached hydrogens (tertiary/aromatic N) is 1. The Bertz CT molecular complexity index is 497. The molecule has 1 N–H and O–H groups in total. The van der Waals surface area contributed by atoms with Gasteiger partial charge in [0.15, 0.2) is 0 Å². The van der Waals surface area contributed by atoms with Gasteiger partial charge in [0.2, 0.25) is 5.91 Å². The number of hydrogen-bond donors (Lipinski definition) is 1. The molecular formula is C17H24N2O2. The number of rotatable bonds is 4. The van der Waals surface area contributed by atoms with Crippen molar-refractivity contribution in [2.45, 2.75) is 32.2 Å². The largest absolute Gasteiger partial charge is 0.492 e. The van der Waals surface area contributed by atoms with Crippen molar-refractivity contribution in [3.63, 3.8) is 0 Å². The van der Waals surface area contributed by atoms with Crippen LogP contribution in [-0.2, 0) is 11.2 Å². The molecule has 114 valence electrons. The molecule has 2 aliphatic heterocycles. The highest BCUT2D eigenvalue weighted by Gasteiger charge is 2.33. The van der Waals surface area contributed by atoms with Crippen LogP contribution in [0, 0.1) is 5.92 Å². The van der Waals surface area contributed by atoms with Crippen LogP contribution in [0.1, 0.15) is 25.3 Å². The van der Waals surface area contributed by atoms with Gasteiger partial charge in [0.05, 0.1) is 5.92 Å². The van der Waals surface area contributed by atoms with E-state index < -0.39 is 0 Å². The molecule has 0 spiro atoms. The van der Waals surface area contributed by atoms with Crippen molar-refractivity contribution in [2.75, 3.05) is 26.2 Å². The molecule has 1 aromatic rings. The van der Waals surface area contributed by atoms with Gasteiger partial charge in [0.25, 0.3) is 0 Å². The number of ether oxygens (including phenoxy) is 1. The Balaban J connectivity index is 1.71. The summed E-state index contributed by atoms with van der Waals surface area (Å²) >= 11 is 0. The zero-order valence-electron chi connectivity index (χ0n) is 12.7. The lowest BCUT2D eigenvalue weighted by atomic mass is 9.94. The summed E-state index contributed by atoms with van der Waals surface area (Å²) in [6.07, 6.45) is 2.87. The maximum absolute atomic E-state index is 12.9. The first-order valence-electron chi connectivity index (χ1n) is 8.01. The molecule has 2 atom stereocenters. The van der Waals surface area contributed by atoms with Crippen LogP contribution in [-0.4, -0.2) is 43.1 Å². The molecule has 1 aromatic carbocycles. The number of amides is 1. The van der Waals surface area contributed by atoms with Gasteiger partial charge in [-0.2, -0.15) is 0 Å². The average Bonchev–Trinajstić information content (AvgIpc) is 3.05. The van der Waals surface area contributed by atoms with Crippen LogP contribution in [0.4, 0.5) is 0 Å². The van der Waals surface area contributed by atoms with Gasteiger partial charge in [0, 0.05) is 19.1 Å². The highest BCUT2D eigenvalue weighted by Crippen LogP contribution is 2.28. The number of carbonyl (C=O) groups is 1. The topological polar surface area (TPSA) is 41.6 Å². The molecule has 4 nitrogen and oxygen atoms in total. The van der Waals surface area contributed by atoms with Crippen molar-refractivity contribution in [1.29, 1.82) is 0 Å². The molecule has 0 bridgehead atoms. The van der Waals surface area contributed by atoms with E-state index in [9.17, 15) is 4.79 Å².